The SMILES string of the molecule is CCCNC(=O)c1cc(NC(=O)C(C)Cl)ccc1N1CCN(c2ccccc2OC)CC1. The number of rotatable bonds is 8. The number of hydrogen-bond donors (Lipinski definition) is 2. The number of piperazine rings is 1. The maximum absolute atomic E-state index is 12.9. The van der Waals surface area contributed by atoms with Crippen molar-refractivity contribution in [1.29, 1.82) is 0 Å². The van der Waals surface area contributed by atoms with Crippen molar-refractivity contribution < 1.29 is 14.3 Å². The van der Waals surface area contributed by atoms with Gasteiger partial charge in [-0.15, -0.1) is 11.6 Å². The van der Waals surface area contributed by atoms with Crippen LogP contribution in [-0.4, -0.2) is 57.0 Å². The van der Waals surface area contributed by atoms with E-state index in [0.29, 0.717) is 17.8 Å². The first-order chi connectivity index (χ1) is 15.4. The zero-order valence-corrected chi connectivity index (χ0v) is 19.6. The maximum atomic E-state index is 12.9. The number of nitrogens with zero attached hydrogens (tertiary/aromatic N) is 2. The van der Waals surface area contributed by atoms with Crippen LogP contribution in [0.4, 0.5) is 17.1 Å². The van der Waals surface area contributed by atoms with Crippen molar-refractivity contribution >= 4 is 40.5 Å². The number of amides is 2. The minimum Gasteiger partial charge on any atom is -0.495 e. The molecule has 32 heavy (non-hydrogen) atoms. The summed E-state index contributed by atoms with van der Waals surface area (Å²) in [5.41, 5.74) is 3.03. The molecule has 0 aliphatic carbocycles. The van der Waals surface area contributed by atoms with Crippen LogP contribution in [0.15, 0.2) is 42.5 Å². The molecule has 8 heteroatoms. The van der Waals surface area contributed by atoms with Crippen molar-refractivity contribution in [2.45, 2.75) is 25.6 Å². The molecule has 7 nitrogen and oxygen atoms in total. The molecule has 1 heterocycles. The predicted octanol–water partition coefficient (Wildman–Crippen LogP) is 3.73. The van der Waals surface area contributed by atoms with E-state index in [4.69, 9.17) is 16.3 Å². The van der Waals surface area contributed by atoms with Gasteiger partial charge in [0.15, 0.2) is 0 Å². The van der Waals surface area contributed by atoms with Crippen molar-refractivity contribution in [3.05, 3.63) is 48.0 Å². The third-order valence-electron chi connectivity index (χ3n) is 5.45. The van der Waals surface area contributed by atoms with E-state index in [1.165, 1.54) is 0 Å². The summed E-state index contributed by atoms with van der Waals surface area (Å²) in [5, 5.41) is 5.07. The minimum atomic E-state index is -0.657. The largest absolute Gasteiger partial charge is 0.495 e. The molecule has 2 aromatic carbocycles. The van der Waals surface area contributed by atoms with Gasteiger partial charge in [-0.3, -0.25) is 9.59 Å². The molecule has 2 N–H and O–H groups in total. The standard InChI is InChI=1S/C24H31ClN4O3/c1-4-11-26-24(31)19-16-18(27-23(30)17(2)25)9-10-20(19)28-12-14-29(15-13-28)21-7-5-6-8-22(21)32-3/h5-10,16-17H,4,11-15H2,1-3H3,(H,26,31)(H,27,30). The molecule has 0 aromatic heterocycles. The van der Waals surface area contributed by atoms with Crippen LogP contribution in [0.1, 0.15) is 30.6 Å². The van der Waals surface area contributed by atoms with Crippen LogP contribution in [0.5, 0.6) is 5.75 Å². The second-order valence-corrected chi connectivity index (χ2v) is 8.39. The minimum absolute atomic E-state index is 0.149. The fraction of sp³-hybridized carbons (Fsp3) is 0.417. The van der Waals surface area contributed by atoms with E-state index < -0.39 is 5.38 Å². The quantitative estimate of drug-likeness (QED) is 0.590. The monoisotopic (exact) mass is 458 g/mol. The fourth-order valence-electron chi connectivity index (χ4n) is 3.73. The molecule has 3 rings (SSSR count). The van der Waals surface area contributed by atoms with Crippen LogP contribution < -0.4 is 25.2 Å². The number of para-hydroxylation sites is 2. The van der Waals surface area contributed by atoms with Crippen LogP contribution >= 0.6 is 11.6 Å². The van der Waals surface area contributed by atoms with Gasteiger partial charge in [-0.2, -0.15) is 0 Å². The first kappa shape index (κ1) is 23.7. The second-order valence-electron chi connectivity index (χ2n) is 7.74. The van der Waals surface area contributed by atoms with Crippen LogP contribution in [0.2, 0.25) is 0 Å². The van der Waals surface area contributed by atoms with E-state index >= 15 is 0 Å². The van der Waals surface area contributed by atoms with E-state index in [-0.39, 0.29) is 11.8 Å². The molecular formula is C24H31ClN4O3. The number of halogens is 1. The zero-order valence-electron chi connectivity index (χ0n) is 18.9. The van der Waals surface area contributed by atoms with E-state index in [9.17, 15) is 9.59 Å². The molecule has 1 unspecified atom stereocenters. The average Bonchev–Trinajstić information content (AvgIpc) is 2.82. The summed E-state index contributed by atoms with van der Waals surface area (Å²) in [7, 11) is 1.68. The van der Waals surface area contributed by atoms with Crippen molar-refractivity contribution in [1.82, 2.24) is 5.32 Å². The third-order valence-corrected chi connectivity index (χ3v) is 5.65. The molecule has 2 amide bonds. The van der Waals surface area contributed by atoms with Gasteiger partial charge in [0.1, 0.15) is 11.1 Å². The number of carbonyl (C=O) groups is 2. The average molecular weight is 459 g/mol. The lowest BCUT2D eigenvalue weighted by Crippen LogP contribution is -2.47. The highest BCUT2D eigenvalue weighted by Gasteiger charge is 2.24. The number of benzene rings is 2. The zero-order chi connectivity index (χ0) is 23.1. The van der Waals surface area contributed by atoms with Crippen LogP contribution in [0, 0.1) is 0 Å². The summed E-state index contributed by atoms with van der Waals surface area (Å²) in [5.74, 6) is 0.406. The van der Waals surface area contributed by atoms with Crippen LogP contribution in [0.3, 0.4) is 0 Å². The molecule has 0 radical (unpaired) electrons. The van der Waals surface area contributed by atoms with E-state index in [0.717, 1.165) is 49.7 Å². The van der Waals surface area contributed by atoms with Gasteiger partial charge in [-0.25, -0.2) is 0 Å². The molecule has 0 saturated carbocycles. The van der Waals surface area contributed by atoms with Crippen molar-refractivity contribution in [3.8, 4) is 5.75 Å². The first-order valence-corrected chi connectivity index (χ1v) is 11.4. The number of alkyl halides is 1. The fourth-order valence-corrected chi connectivity index (χ4v) is 3.78. The molecule has 2 aromatic rings. The molecule has 0 bridgehead atoms. The van der Waals surface area contributed by atoms with Crippen molar-refractivity contribution in [2.24, 2.45) is 0 Å². The van der Waals surface area contributed by atoms with Gasteiger partial charge in [-0.1, -0.05) is 19.1 Å². The summed E-state index contributed by atoms with van der Waals surface area (Å²) in [6, 6.07) is 13.4. The van der Waals surface area contributed by atoms with Crippen LogP contribution in [-0.2, 0) is 4.79 Å². The topological polar surface area (TPSA) is 73.9 Å². The summed E-state index contributed by atoms with van der Waals surface area (Å²) in [6.45, 7) is 7.34. The second kappa shape index (κ2) is 11.1. The molecule has 1 atom stereocenters. The Morgan fingerprint density at radius 2 is 1.72 bits per heavy atom. The number of carbonyl (C=O) groups excluding carboxylic acids is 2. The number of anilines is 3. The smallest absolute Gasteiger partial charge is 0.253 e. The molecule has 0 spiro atoms. The number of nitrogens with one attached hydrogen (secondary N) is 2. The molecule has 1 saturated heterocycles. The Balaban J connectivity index is 1.80. The van der Waals surface area contributed by atoms with Gasteiger partial charge in [0, 0.05) is 44.1 Å². The summed E-state index contributed by atoms with van der Waals surface area (Å²) >= 11 is 5.87. The Kier molecular flexibility index (Phi) is 8.22. The molecule has 1 aliphatic rings. The van der Waals surface area contributed by atoms with E-state index in [1.807, 2.05) is 37.3 Å². The van der Waals surface area contributed by atoms with Gasteiger partial charge in [0.25, 0.3) is 5.91 Å². The lowest BCUT2D eigenvalue weighted by atomic mass is 10.1. The van der Waals surface area contributed by atoms with Crippen molar-refractivity contribution in [2.75, 3.05) is 55.0 Å². The van der Waals surface area contributed by atoms with Gasteiger partial charge in [0.2, 0.25) is 5.91 Å². The Hall–Kier alpha value is -2.93. The molecular weight excluding hydrogens is 428 g/mol. The molecule has 1 aliphatic heterocycles. The summed E-state index contributed by atoms with van der Waals surface area (Å²) in [4.78, 5) is 29.4. The highest BCUT2D eigenvalue weighted by molar-refractivity contribution is 6.32. The maximum Gasteiger partial charge on any atom is 0.253 e. The van der Waals surface area contributed by atoms with Gasteiger partial charge in [0.05, 0.1) is 18.4 Å². The number of ether oxygens (including phenoxy) is 1. The summed E-state index contributed by atoms with van der Waals surface area (Å²) < 4.78 is 5.51. The van der Waals surface area contributed by atoms with E-state index in [2.05, 4.69) is 26.5 Å². The Morgan fingerprint density at radius 3 is 2.34 bits per heavy atom. The third kappa shape index (κ3) is 5.65. The van der Waals surface area contributed by atoms with Gasteiger partial charge in [-0.05, 0) is 43.7 Å². The highest BCUT2D eigenvalue weighted by Crippen LogP contribution is 2.31. The lowest BCUT2D eigenvalue weighted by molar-refractivity contribution is -0.115. The Bertz CT molecular complexity index is 943. The highest BCUT2D eigenvalue weighted by atomic mass is 35.5. The van der Waals surface area contributed by atoms with E-state index in [1.54, 1.807) is 20.1 Å². The Labute approximate surface area is 194 Å². The normalized spacial score (nSPS) is 14.6. The number of hydrogen-bond acceptors (Lipinski definition) is 5. The van der Waals surface area contributed by atoms with Gasteiger partial charge >= 0.3 is 0 Å². The van der Waals surface area contributed by atoms with Gasteiger partial charge < -0.3 is 25.2 Å². The van der Waals surface area contributed by atoms with Crippen LogP contribution in [0.25, 0.3) is 0 Å². The first-order valence-electron chi connectivity index (χ1n) is 10.9. The Morgan fingerprint density at radius 1 is 1.06 bits per heavy atom. The van der Waals surface area contributed by atoms with Crippen molar-refractivity contribution in [3.63, 3.8) is 0 Å². The predicted molar refractivity (Wildman–Crippen MR) is 130 cm³/mol. The summed E-state index contributed by atoms with van der Waals surface area (Å²) in [6.07, 6.45) is 0.846. The molecule has 1 fully saturated rings. The number of methoxy groups -OCH3 is 1. The molecule has 172 valence electrons. The lowest BCUT2D eigenvalue weighted by Gasteiger charge is -2.38.